The highest BCUT2D eigenvalue weighted by Gasteiger charge is 2.33. The number of ether oxygens (including phenoxy) is 2. The fraction of sp³-hybridized carbons (Fsp3) is 0.429. The Balaban J connectivity index is 2.17. The monoisotopic (exact) mass is 294 g/mol. The lowest BCUT2D eigenvalue weighted by molar-refractivity contribution is -0.144. The van der Waals surface area contributed by atoms with Crippen LogP contribution in [0.4, 0.5) is 10.5 Å². The average Bonchev–Trinajstić information content (AvgIpc) is 2.50. The van der Waals surface area contributed by atoms with E-state index < -0.39 is 12.1 Å². The van der Waals surface area contributed by atoms with Crippen molar-refractivity contribution in [1.82, 2.24) is 5.32 Å². The van der Waals surface area contributed by atoms with Crippen LogP contribution in [-0.2, 0) is 9.53 Å². The van der Waals surface area contributed by atoms with Crippen LogP contribution in [0, 0.1) is 0 Å². The maximum absolute atomic E-state index is 12.3. The van der Waals surface area contributed by atoms with Crippen molar-refractivity contribution in [2.75, 3.05) is 25.1 Å². The molecule has 1 aromatic carbocycles. The first-order valence-electron chi connectivity index (χ1n) is 6.59. The Hall–Kier alpha value is -2.28. The molecule has 2 unspecified atom stereocenters. The molecule has 2 amide bonds. The molecule has 0 saturated heterocycles. The number of urea groups is 1. The number of anilines is 1. The van der Waals surface area contributed by atoms with Gasteiger partial charge in [0.1, 0.15) is 5.75 Å². The largest absolute Gasteiger partial charge is 0.478 e. The topological polar surface area (TPSA) is 88.1 Å². The molecule has 0 bridgehead atoms. The van der Waals surface area contributed by atoms with Crippen molar-refractivity contribution in [2.45, 2.75) is 19.1 Å². The molecule has 0 radical (unpaired) electrons. The summed E-state index contributed by atoms with van der Waals surface area (Å²) in [5.41, 5.74) is 0.553. The van der Waals surface area contributed by atoms with E-state index in [0.29, 0.717) is 18.0 Å². The summed E-state index contributed by atoms with van der Waals surface area (Å²) in [4.78, 5) is 24.8. The molecule has 114 valence electrons. The number of nitrogens with one attached hydrogen (secondary N) is 1. The van der Waals surface area contributed by atoms with Crippen LogP contribution in [0.15, 0.2) is 24.3 Å². The smallest absolute Gasteiger partial charge is 0.346 e. The first kappa shape index (κ1) is 15.1. The van der Waals surface area contributed by atoms with Crippen molar-refractivity contribution in [1.29, 1.82) is 0 Å². The number of benzene rings is 1. The van der Waals surface area contributed by atoms with Gasteiger partial charge in [0.15, 0.2) is 0 Å². The van der Waals surface area contributed by atoms with Crippen LogP contribution in [0.1, 0.15) is 6.92 Å². The predicted molar refractivity (Wildman–Crippen MR) is 75.7 cm³/mol. The number of hydrogen-bond acceptors (Lipinski definition) is 4. The van der Waals surface area contributed by atoms with Gasteiger partial charge in [-0.25, -0.2) is 9.59 Å². The number of para-hydroxylation sites is 2. The van der Waals surface area contributed by atoms with Crippen LogP contribution in [0.25, 0.3) is 0 Å². The van der Waals surface area contributed by atoms with E-state index >= 15 is 0 Å². The Bertz CT molecular complexity index is 534. The second-order valence-electron chi connectivity index (χ2n) is 4.76. The summed E-state index contributed by atoms with van der Waals surface area (Å²) in [6, 6.07) is 6.48. The highest BCUT2D eigenvalue weighted by atomic mass is 16.5. The van der Waals surface area contributed by atoms with Crippen molar-refractivity contribution in [3.8, 4) is 5.75 Å². The van der Waals surface area contributed by atoms with Gasteiger partial charge in [-0.15, -0.1) is 0 Å². The fourth-order valence-corrected chi connectivity index (χ4v) is 1.97. The fourth-order valence-electron chi connectivity index (χ4n) is 1.97. The lowest BCUT2D eigenvalue weighted by Gasteiger charge is -2.33. The van der Waals surface area contributed by atoms with Crippen LogP contribution in [0.5, 0.6) is 5.75 Å². The van der Waals surface area contributed by atoms with Crippen LogP contribution in [0.2, 0.25) is 0 Å². The standard InChI is InChI=1S/C14H18N2O5/c1-9(20-2)7-15-14(19)16-8-12(13(17)18)21-11-6-4-3-5-10(11)16/h3-6,9,12H,7-8H2,1-2H3,(H,15,19)(H,17,18). The van der Waals surface area contributed by atoms with Gasteiger partial charge in [-0.2, -0.15) is 0 Å². The van der Waals surface area contributed by atoms with Gasteiger partial charge in [0.25, 0.3) is 0 Å². The highest BCUT2D eigenvalue weighted by Crippen LogP contribution is 2.33. The normalized spacial score (nSPS) is 18.4. The van der Waals surface area contributed by atoms with Gasteiger partial charge < -0.3 is 19.9 Å². The second-order valence-corrected chi connectivity index (χ2v) is 4.76. The van der Waals surface area contributed by atoms with Gasteiger partial charge in [0.05, 0.1) is 18.3 Å². The van der Waals surface area contributed by atoms with Gasteiger partial charge >= 0.3 is 12.0 Å². The first-order valence-corrected chi connectivity index (χ1v) is 6.59. The Morgan fingerprint density at radius 1 is 1.52 bits per heavy atom. The Morgan fingerprint density at radius 3 is 2.90 bits per heavy atom. The predicted octanol–water partition coefficient (Wildman–Crippen LogP) is 1.08. The third-order valence-corrected chi connectivity index (χ3v) is 3.24. The van der Waals surface area contributed by atoms with Gasteiger partial charge in [-0.1, -0.05) is 12.1 Å². The summed E-state index contributed by atoms with van der Waals surface area (Å²) in [5, 5.41) is 11.8. The molecule has 0 aliphatic carbocycles. The maximum atomic E-state index is 12.3. The number of rotatable bonds is 4. The summed E-state index contributed by atoms with van der Waals surface area (Å²) in [7, 11) is 1.56. The van der Waals surface area contributed by atoms with Crippen molar-refractivity contribution in [3.63, 3.8) is 0 Å². The molecular formula is C14H18N2O5. The number of aliphatic carboxylic acids is 1. The summed E-state index contributed by atoms with van der Waals surface area (Å²) in [5.74, 6) is -0.723. The zero-order chi connectivity index (χ0) is 15.4. The molecular weight excluding hydrogens is 276 g/mol. The molecule has 7 heteroatoms. The Kier molecular flexibility index (Phi) is 4.64. The number of nitrogens with zero attached hydrogens (tertiary/aromatic N) is 1. The zero-order valence-electron chi connectivity index (χ0n) is 11.9. The summed E-state index contributed by atoms with van der Waals surface area (Å²) in [6.45, 7) is 2.12. The van der Waals surface area contributed by atoms with Gasteiger partial charge in [0, 0.05) is 13.7 Å². The van der Waals surface area contributed by atoms with E-state index in [1.165, 1.54) is 4.90 Å². The minimum absolute atomic E-state index is 0.0421. The number of fused-ring (bicyclic) bond motifs is 1. The molecule has 2 rings (SSSR count). The SMILES string of the molecule is COC(C)CNC(=O)N1CC(C(=O)O)Oc2ccccc21. The first-order chi connectivity index (χ1) is 10.0. The second kappa shape index (κ2) is 6.45. The third-order valence-electron chi connectivity index (χ3n) is 3.24. The minimum Gasteiger partial charge on any atom is -0.478 e. The van der Waals surface area contributed by atoms with Gasteiger partial charge in [-0.3, -0.25) is 4.90 Å². The van der Waals surface area contributed by atoms with Crippen molar-refractivity contribution in [2.24, 2.45) is 0 Å². The number of carboxylic acid groups (broad SMARTS) is 1. The Labute approximate surface area is 122 Å². The highest BCUT2D eigenvalue weighted by molar-refractivity contribution is 5.95. The number of methoxy groups -OCH3 is 1. The van der Waals surface area contributed by atoms with E-state index in [2.05, 4.69) is 5.32 Å². The van der Waals surface area contributed by atoms with Crippen LogP contribution < -0.4 is 15.0 Å². The van der Waals surface area contributed by atoms with Crippen LogP contribution in [0.3, 0.4) is 0 Å². The summed E-state index contributed by atoms with van der Waals surface area (Å²) >= 11 is 0. The molecule has 2 N–H and O–H groups in total. The molecule has 1 aliphatic rings. The molecule has 1 heterocycles. The molecule has 0 fully saturated rings. The minimum atomic E-state index is -1.10. The van der Waals surface area contributed by atoms with E-state index in [1.807, 2.05) is 6.92 Å². The molecule has 21 heavy (non-hydrogen) atoms. The molecule has 2 atom stereocenters. The van der Waals surface area contributed by atoms with E-state index in [9.17, 15) is 9.59 Å². The van der Waals surface area contributed by atoms with Gasteiger partial charge in [0.2, 0.25) is 6.10 Å². The molecule has 1 aromatic rings. The van der Waals surface area contributed by atoms with Crippen molar-refractivity contribution in [3.05, 3.63) is 24.3 Å². The molecule has 0 spiro atoms. The van der Waals surface area contributed by atoms with E-state index in [-0.39, 0.29) is 18.7 Å². The van der Waals surface area contributed by atoms with Crippen LogP contribution in [-0.4, -0.2) is 49.5 Å². The van der Waals surface area contributed by atoms with Crippen LogP contribution >= 0.6 is 0 Å². The molecule has 0 saturated carbocycles. The molecule has 0 aromatic heterocycles. The van der Waals surface area contributed by atoms with E-state index in [1.54, 1.807) is 31.4 Å². The van der Waals surface area contributed by atoms with E-state index in [4.69, 9.17) is 14.6 Å². The summed E-state index contributed by atoms with van der Waals surface area (Å²) in [6.07, 6.45) is -1.20. The maximum Gasteiger partial charge on any atom is 0.346 e. The molecule has 7 nitrogen and oxygen atoms in total. The molecule has 1 aliphatic heterocycles. The average molecular weight is 294 g/mol. The third kappa shape index (κ3) is 3.43. The summed E-state index contributed by atoms with van der Waals surface area (Å²) < 4.78 is 10.4. The van der Waals surface area contributed by atoms with Gasteiger partial charge in [-0.05, 0) is 19.1 Å². The number of carboxylic acids is 1. The number of carbonyl (C=O) groups is 2. The lowest BCUT2D eigenvalue weighted by Crippen LogP contribution is -2.51. The lowest BCUT2D eigenvalue weighted by atomic mass is 10.2. The Morgan fingerprint density at radius 2 is 2.24 bits per heavy atom. The van der Waals surface area contributed by atoms with E-state index in [0.717, 1.165) is 0 Å². The van der Waals surface area contributed by atoms with Crippen molar-refractivity contribution >= 4 is 17.7 Å². The number of carbonyl (C=O) groups excluding carboxylic acids is 1. The zero-order valence-corrected chi connectivity index (χ0v) is 11.9. The quantitative estimate of drug-likeness (QED) is 0.867. The number of hydrogen-bond donors (Lipinski definition) is 2. The van der Waals surface area contributed by atoms with Crippen molar-refractivity contribution < 1.29 is 24.2 Å². The number of amides is 2.